The molecule has 0 atom stereocenters. The fraction of sp³-hybridized carbons (Fsp3) is 0.312. The summed E-state index contributed by atoms with van der Waals surface area (Å²) in [6, 6.07) is 0. The van der Waals surface area contributed by atoms with Crippen LogP contribution in [0.4, 0.5) is 0 Å². The Hall–Kier alpha value is 0.189. The summed E-state index contributed by atoms with van der Waals surface area (Å²) in [5.41, 5.74) is -0.138. The second-order valence-electron chi connectivity index (χ2n) is 5.14. The number of carbonyl (C=O) groups excluding carboxylic acids is 1. The first kappa shape index (κ1) is 16.2. The molecule has 0 amide bonds. The Morgan fingerprint density at radius 3 is 2.06 bits per heavy atom. The number of ketones is 1. The van der Waals surface area contributed by atoms with Gasteiger partial charge in [-0.1, -0.05) is 13.8 Å². The molecule has 0 spiro atoms. The smallest absolute Gasteiger partial charge is 0.298 e. The van der Waals surface area contributed by atoms with Gasteiger partial charge in [0.15, 0.2) is 0 Å². The van der Waals surface area contributed by atoms with Crippen molar-refractivity contribution in [3.05, 3.63) is 63.2 Å². The van der Waals surface area contributed by atoms with Gasteiger partial charge in [0.1, 0.15) is 5.78 Å². The Morgan fingerprint density at radius 1 is 0.944 bits per heavy atom. The van der Waals surface area contributed by atoms with Gasteiger partial charge in [-0.3, -0.25) is 4.79 Å². The minimum Gasteiger partial charge on any atom is -0.298 e. The third-order valence-electron chi connectivity index (χ3n) is 3.34. The molecule has 2 heteroatoms. The molecule has 0 aromatic rings. The van der Waals surface area contributed by atoms with E-state index >= 15 is 0 Å². The predicted octanol–water partition coefficient (Wildman–Crippen LogP) is 3.17. The van der Waals surface area contributed by atoms with Crippen molar-refractivity contribution in [3.63, 3.8) is 0 Å². The topological polar surface area (TPSA) is 17.1 Å². The molecule has 0 bridgehead atoms. The van der Waals surface area contributed by atoms with E-state index in [2.05, 4.69) is 6.42 Å². The Balaban J connectivity index is 0.000000230. The van der Waals surface area contributed by atoms with E-state index in [-0.39, 0.29) is 22.5 Å². The summed E-state index contributed by atoms with van der Waals surface area (Å²) in [5.74, 6) is 2.50. The third kappa shape index (κ3) is 3.84. The van der Waals surface area contributed by atoms with Crippen molar-refractivity contribution in [2.75, 3.05) is 0 Å². The van der Waals surface area contributed by atoms with E-state index in [9.17, 15) is 4.79 Å². The van der Waals surface area contributed by atoms with Crippen LogP contribution in [0.5, 0.6) is 0 Å². The SMILES string of the molecule is CC1(C)CC[C]2[CH][CH][CH][C]2C1=O.[CH]1[CH][CH][CH][CH]1.[Fe+2]. The second-order valence-corrected chi connectivity index (χ2v) is 5.14. The van der Waals surface area contributed by atoms with E-state index < -0.39 is 0 Å². The molecule has 94 valence electrons. The molecule has 3 aliphatic carbocycles. The molecular formula is C16H18FeO+2. The molecule has 0 aromatic heterocycles. The van der Waals surface area contributed by atoms with Crippen LogP contribution in [-0.4, -0.2) is 5.78 Å². The summed E-state index contributed by atoms with van der Waals surface area (Å²) in [6.07, 6.45) is 18.0. The molecule has 0 saturated heterocycles. The fourth-order valence-electron chi connectivity index (χ4n) is 2.14. The molecule has 3 aliphatic rings. The maximum Gasteiger partial charge on any atom is 2.00 e. The van der Waals surface area contributed by atoms with Crippen molar-refractivity contribution in [2.45, 2.75) is 26.7 Å². The Morgan fingerprint density at radius 2 is 1.50 bits per heavy atom. The van der Waals surface area contributed by atoms with Gasteiger partial charge in [-0.15, -0.1) is 0 Å². The van der Waals surface area contributed by atoms with E-state index in [0.29, 0.717) is 5.78 Å². The number of Topliss-reactive ketones (excluding diaryl/α,β-unsaturated/α-hetero) is 1. The monoisotopic (exact) mass is 282 g/mol. The van der Waals surface area contributed by atoms with Crippen LogP contribution in [0, 0.1) is 68.6 Å². The van der Waals surface area contributed by atoms with Crippen LogP contribution < -0.4 is 0 Å². The largest absolute Gasteiger partial charge is 2.00 e. The zero-order chi connectivity index (χ0) is 12.3. The quantitative estimate of drug-likeness (QED) is 0.624. The second kappa shape index (κ2) is 7.10. The van der Waals surface area contributed by atoms with Gasteiger partial charge in [-0.05, 0) is 70.1 Å². The van der Waals surface area contributed by atoms with Crippen molar-refractivity contribution in [1.82, 2.24) is 0 Å². The van der Waals surface area contributed by atoms with Crippen LogP contribution >= 0.6 is 0 Å². The summed E-state index contributed by atoms with van der Waals surface area (Å²) in [5, 5.41) is 0. The van der Waals surface area contributed by atoms with Crippen LogP contribution in [0.1, 0.15) is 26.7 Å². The average molecular weight is 282 g/mol. The maximum atomic E-state index is 11.8. The van der Waals surface area contributed by atoms with E-state index in [1.54, 1.807) is 0 Å². The van der Waals surface area contributed by atoms with Gasteiger partial charge >= 0.3 is 17.1 Å². The average Bonchev–Trinajstić information content (AvgIpc) is 2.97. The van der Waals surface area contributed by atoms with Gasteiger partial charge in [0.2, 0.25) is 0 Å². The zero-order valence-electron chi connectivity index (χ0n) is 10.8. The zero-order valence-corrected chi connectivity index (χ0v) is 11.9. The van der Waals surface area contributed by atoms with E-state index in [4.69, 9.17) is 0 Å². The minimum atomic E-state index is -0.138. The first-order valence-electron chi connectivity index (χ1n) is 6.07. The first-order valence-corrected chi connectivity index (χ1v) is 6.07. The van der Waals surface area contributed by atoms with Crippen molar-refractivity contribution in [1.29, 1.82) is 0 Å². The van der Waals surface area contributed by atoms with Crippen LogP contribution in [0.25, 0.3) is 0 Å². The van der Waals surface area contributed by atoms with Crippen molar-refractivity contribution in [3.8, 4) is 0 Å². The number of hydrogen-bond donors (Lipinski definition) is 0. The fourth-order valence-corrected chi connectivity index (χ4v) is 2.14. The molecule has 0 unspecified atom stereocenters. The summed E-state index contributed by atoms with van der Waals surface area (Å²) in [6.45, 7) is 4.07. The molecule has 0 aliphatic heterocycles. The van der Waals surface area contributed by atoms with Crippen LogP contribution in [0.3, 0.4) is 0 Å². The Kier molecular flexibility index (Phi) is 6.41. The third-order valence-corrected chi connectivity index (χ3v) is 3.34. The van der Waals surface area contributed by atoms with Gasteiger partial charge in [0.25, 0.3) is 0 Å². The van der Waals surface area contributed by atoms with E-state index in [0.717, 1.165) is 18.8 Å². The molecule has 1 nitrogen and oxygen atoms in total. The van der Waals surface area contributed by atoms with Crippen molar-refractivity contribution < 1.29 is 21.9 Å². The minimum absolute atomic E-state index is 0. The normalized spacial score (nSPS) is 27.1. The van der Waals surface area contributed by atoms with Crippen LogP contribution in [-0.2, 0) is 21.9 Å². The van der Waals surface area contributed by atoms with E-state index in [1.807, 2.05) is 58.8 Å². The maximum absolute atomic E-state index is 11.8. The number of carbonyl (C=O) groups is 1. The molecule has 18 heavy (non-hydrogen) atoms. The first-order chi connectivity index (χ1) is 8.11. The summed E-state index contributed by atoms with van der Waals surface area (Å²) >= 11 is 0. The number of fused-ring (bicyclic) bond motifs is 1. The number of rotatable bonds is 0. The van der Waals surface area contributed by atoms with Crippen LogP contribution in [0.2, 0.25) is 0 Å². The summed E-state index contributed by atoms with van der Waals surface area (Å²) < 4.78 is 0. The van der Waals surface area contributed by atoms with Gasteiger partial charge in [0.05, 0.1) is 5.92 Å². The molecule has 3 saturated carbocycles. The standard InChI is InChI=1S/C11H13O.C5H5.Fe/c1-11(2)7-6-8-4-3-5-9(8)10(11)12;1-2-4-5-3-1;/h3-5H,6-7H2,1-2H3;1-5H;/q;;+2. The van der Waals surface area contributed by atoms with Crippen molar-refractivity contribution in [2.24, 2.45) is 5.41 Å². The van der Waals surface area contributed by atoms with Gasteiger partial charge in [-0.2, -0.15) is 0 Å². The summed E-state index contributed by atoms with van der Waals surface area (Å²) in [4.78, 5) is 11.8. The Labute approximate surface area is 123 Å². The van der Waals surface area contributed by atoms with E-state index in [1.165, 1.54) is 5.92 Å². The predicted molar refractivity (Wildman–Crippen MR) is 68.9 cm³/mol. The molecule has 0 heterocycles. The Bertz CT molecular complexity index is 261. The molecule has 10 radical (unpaired) electrons. The molecule has 3 fully saturated rings. The van der Waals surface area contributed by atoms with Gasteiger partial charge < -0.3 is 0 Å². The van der Waals surface area contributed by atoms with Gasteiger partial charge in [0, 0.05) is 5.41 Å². The molecular weight excluding hydrogens is 264 g/mol. The van der Waals surface area contributed by atoms with Crippen LogP contribution in [0.15, 0.2) is 0 Å². The van der Waals surface area contributed by atoms with Crippen molar-refractivity contribution >= 4 is 5.78 Å². The summed E-state index contributed by atoms with van der Waals surface area (Å²) in [7, 11) is 0. The molecule has 3 rings (SSSR count). The molecule has 0 aromatic carbocycles. The molecule has 0 N–H and O–H groups in total. The number of hydrogen-bond acceptors (Lipinski definition) is 1. The van der Waals surface area contributed by atoms with Gasteiger partial charge in [-0.25, -0.2) is 0 Å².